The van der Waals surface area contributed by atoms with E-state index in [2.05, 4.69) is 4.98 Å². The average molecular weight is 340 g/mol. The second-order valence-electron chi connectivity index (χ2n) is 5.29. The summed E-state index contributed by atoms with van der Waals surface area (Å²) < 4.78 is 16.4. The van der Waals surface area contributed by atoms with Crippen molar-refractivity contribution in [1.82, 2.24) is 14.0 Å². The Kier molecular flexibility index (Phi) is 3.43. The molecular formula is C18H11ClFN3O. The molecule has 0 N–H and O–H groups in total. The Morgan fingerprint density at radius 3 is 2.58 bits per heavy atom. The minimum atomic E-state index is -0.526. The average Bonchev–Trinajstić information content (AvgIpc) is 3.04. The number of hydrogen-bond acceptors (Lipinski definition) is 2. The zero-order chi connectivity index (χ0) is 16.7. The Hall–Kier alpha value is -2.92. The maximum atomic E-state index is 13.3. The minimum absolute atomic E-state index is 0.0346. The molecule has 2 aromatic heterocycles. The topological polar surface area (TPSA) is 39.3 Å². The molecule has 0 atom stereocenters. The molecule has 0 amide bonds. The van der Waals surface area contributed by atoms with E-state index in [0.717, 1.165) is 5.56 Å². The van der Waals surface area contributed by atoms with Gasteiger partial charge in [0.05, 0.1) is 16.4 Å². The molecule has 0 unspecified atom stereocenters. The molecule has 0 aliphatic carbocycles. The molecule has 6 heteroatoms. The third kappa shape index (κ3) is 2.39. The highest BCUT2D eigenvalue weighted by molar-refractivity contribution is 6.30. The number of imidazole rings is 1. The van der Waals surface area contributed by atoms with E-state index in [-0.39, 0.29) is 16.2 Å². The highest BCUT2D eigenvalue weighted by atomic mass is 35.5. The first kappa shape index (κ1) is 14.7. The predicted octanol–water partition coefficient (Wildman–Crippen LogP) is 3.94. The highest BCUT2D eigenvalue weighted by Crippen LogP contribution is 2.20. The van der Waals surface area contributed by atoms with E-state index in [1.165, 1.54) is 22.8 Å². The lowest BCUT2D eigenvalue weighted by atomic mass is 10.2. The van der Waals surface area contributed by atoms with E-state index in [9.17, 15) is 9.18 Å². The lowest BCUT2D eigenvalue weighted by molar-refractivity contribution is 0.627. The van der Waals surface area contributed by atoms with Crippen molar-refractivity contribution < 1.29 is 4.39 Å². The Bertz CT molecular complexity index is 1100. The van der Waals surface area contributed by atoms with Gasteiger partial charge in [-0.25, -0.2) is 9.37 Å². The molecule has 0 saturated carbocycles. The minimum Gasteiger partial charge on any atom is -0.300 e. The Labute approximate surface area is 141 Å². The molecule has 0 fully saturated rings. The summed E-state index contributed by atoms with van der Waals surface area (Å²) in [7, 11) is 0. The van der Waals surface area contributed by atoms with Crippen molar-refractivity contribution in [2.75, 3.05) is 0 Å². The predicted molar refractivity (Wildman–Crippen MR) is 91.2 cm³/mol. The van der Waals surface area contributed by atoms with Crippen LogP contribution in [0.5, 0.6) is 0 Å². The number of nitrogens with zero attached hydrogens (tertiary/aromatic N) is 3. The van der Waals surface area contributed by atoms with Gasteiger partial charge in [-0.2, -0.15) is 0 Å². The van der Waals surface area contributed by atoms with Gasteiger partial charge in [0.15, 0.2) is 0 Å². The smallest absolute Gasteiger partial charge is 0.298 e. The van der Waals surface area contributed by atoms with E-state index >= 15 is 0 Å². The third-order valence-corrected chi connectivity index (χ3v) is 4.06. The van der Waals surface area contributed by atoms with Gasteiger partial charge in [0.2, 0.25) is 5.65 Å². The lowest BCUT2D eigenvalue weighted by Gasteiger charge is -2.06. The highest BCUT2D eigenvalue weighted by Gasteiger charge is 2.11. The van der Waals surface area contributed by atoms with Crippen LogP contribution in [0.1, 0.15) is 0 Å². The number of halogens is 2. The van der Waals surface area contributed by atoms with Gasteiger partial charge in [0, 0.05) is 24.2 Å². The zero-order valence-corrected chi connectivity index (χ0v) is 13.1. The second kappa shape index (κ2) is 5.62. The molecule has 0 saturated heterocycles. The first-order chi connectivity index (χ1) is 11.6. The summed E-state index contributed by atoms with van der Waals surface area (Å²) in [6.07, 6.45) is 5.14. The fourth-order valence-corrected chi connectivity index (χ4v) is 2.74. The van der Waals surface area contributed by atoms with E-state index in [1.54, 1.807) is 23.0 Å². The molecule has 4 rings (SSSR count). The van der Waals surface area contributed by atoms with Gasteiger partial charge < -0.3 is 4.40 Å². The van der Waals surface area contributed by atoms with Crippen molar-refractivity contribution in [3.63, 3.8) is 0 Å². The van der Waals surface area contributed by atoms with Gasteiger partial charge in [0.1, 0.15) is 5.82 Å². The van der Waals surface area contributed by atoms with Crippen LogP contribution in [-0.4, -0.2) is 14.0 Å². The van der Waals surface area contributed by atoms with Crippen molar-refractivity contribution in [3.05, 3.63) is 88.3 Å². The fourth-order valence-electron chi connectivity index (χ4n) is 2.57. The molecule has 2 heterocycles. The number of benzene rings is 2. The summed E-state index contributed by atoms with van der Waals surface area (Å²) in [6, 6.07) is 13.8. The number of fused-ring (bicyclic) bond motifs is 1. The SMILES string of the molecule is O=c1c2nc(-c3ccccc3)cn2ccn1-c1ccc(F)c(Cl)c1. The van der Waals surface area contributed by atoms with Gasteiger partial charge in [-0.3, -0.25) is 9.36 Å². The Balaban J connectivity index is 1.89. The molecule has 0 aliphatic heterocycles. The standard InChI is InChI=1S/C18H11ClFN3O/c19-14-10-13(6-7-15(14)20)23-9-8-22-11-16(21-17(22)18(23)24)12-4-2-1-3-5-12/h1-11H. The molecule has 24 heavy (non-hydrogen) atoms. The summed E-state index contributed by atoms with van der Waals surface area (Å²) in [6.45, 7) is 0. The first-order valence-electron chi connectivity index (χ1n) is 7.25. The van der Waals surface area contributed by atoms with Gasteiger partial charge in [-0.05, 0) is 18.2 Å². The summed E-state index contributed by atoms with van der Waals surface area (Å²) >= 11 is 5.81. The molecular weight excluding hydrogens is 329 g/mol. The summed E-state index contributed by atoms with van der Waals surface area (Å²) in [5.41, 5.74) is 2.11. The largest absolute Gasteiger partial charge is 0.300 e. The summed E-state index contributed by atoms with van der Waals surface area (Å²) in [4.78, 5) is 17.1. The monoisotopic (exact) mass is 339 g/mol. The zero-order valence-electron chi connectivity index (χ0n) is 12.4. The molecule has 0 spiro atoms. The number of aromatic nitrogens is 3. The Morgan fingerprint density at radius 1 is 1.04 bits per heavy atom. The molecule has 0 radical (unpaired) electrons. The van der Waals surface area contributed by atoms with Crippen LogP contribution in [0.3, 0.4) is 0 Å². The van der Waals surface area contributed by atoms with Crippen molar-refractivity contribution in [1.29, 1.82) is 0 Å². The van der Waals surface area contributed by atoms with E-state index in [4.69, 9.17) is 11.6 Å². The molecule has 0 aliphatic rings. The summed E-state index contributed by atoms with van der Waals surface area (Å²) in [5.74, 6) is -0.526. The van der Waals surface area contributed by atoms with E-state index in [0.29, 0.717) is 11.4 Å². The molecule has 2 aromatic carbocycles. The van der Waals surface area contributed by atoms with Crippen molar-refractivity contribution in [2.45, 2.75) is 0 Å². The molecule has 4 nitrogen and oxygen atoms in total. The molecule has 0 bridgehead atoms. The Morgan fingerprint density at radius 2 is 1.83 bits per heavy atom. The number of rotatable bonds is 2. The second-order valence-corrected chi connectivity index (χ2v) is 5.70. The van der Waals surface area contributed by atoms with Crippen molar-refractivity contribution in [2.24, 2.45) is 0 Å². The van der Waals surface area contributed by atoms with E-state index in [1.807, 2.05) is 30.3 Å². The van der Waals surface area contributed by atoms with Crippen LogP contribution in [0.25, 0.3) is 22.6 Å². The first-order valence-corrected chi connectivity index (χ1v) is 7.62. The quantitative estimate of drug-likeness (QED) is 0.555. The third-order valence-electron chi connectivity index (χ3n) is 3.77. The van der Waals surface area contributed by atoms with Crippen LogP contribution in [0.15, 0.2) is 71.9 Å². The van der Waals surface area contributed by atoms with Crippen LogP contribution >= 0.6 is 11.6 Å². The maximum Gasteiger partial charge on any atom is 0.298 e. The van der Waals surface area contributed by atoms with E-state index < -0.39 is 5.82 Å². The molecule has 118 valence electrons. The summed E-state index contributed by atoms with van der Waals surface area (Å²) in [5, 5.41) is -0.0346. The lowest BCUT2D eigenvalue weighted by Crippen LogP contribution is -2.20. The molecule has 4 aromatic rings. The van der Waals surface area contributed by atoms with Gasteiger partial charge in [0.25, 0.3) is 5.56 Å². The number of hydrogen-bond donors (Lipinski definition) is 0. The van der Waals surface area contributed by atoms with Crippen LogP contribution in [0.2, 0.25) is 5.02 Å². The van der Waals surface area contributed by atoms with Gasteiger partial charge >= 0.3 is 0 Å². The maximum absolute atomic E-state index is 13.3. The van der Waals surface area contributed by atoms with Gasteiger partial charge in [-0.15, -0.1) is 0 Å². The fraction of sp³-hybridized carbons (Fsp3) is 0. The van der Waals surface area contributed by atoms with Crippen LogP contribution in [0, 0.1) is 5.82 Å². The van der Waals surface area contributed by atoms with Crippen LogP contribution < -0.4 is 5.56 Å². The van der Waals surface area contributed by atoms with Gasteiger partial charge in [-0.1, -0.05) is 41.9 Å². The normalized spacial score (nSPS) is 11.1. The van der Waals surface area contributed by atoms with Crippen molar-refractivity contribution in [3.8, 4) is 16.9 Å². The van der Waals surface area contributed by atoms with Crippen molar-refractivity contribution >= 4 is 17.2 Å². The van der Waals surface area contributed by atoms with Crippen LogP contribution in [-0.2, 0) is 0 Å². The van der Waals surface area contributed by atoms with Crippen LogP contribution in [0.4, 0.5) is 4.39 Å².